The summed E-state index contributed by atoms with van der Waals surface area (Å²) >= 11 is 0. The highest BCUT2D eigenvalue weighted by atomic mass is 16.2. The van der Waals surface area contributed by atoms with Crippen LogP contribution in [0.15, 0.2) is 0 Å². The fourth-order valence-electron chi connectivity index (χ4n) is 2.85. The van der Waals surface area contributed by atoms with Crippen molar-refractivity contribution in [3.63, 3.8) is 0 Å². The molecule has 0 aromatic heterocycles. The van der Waals surface area contributed by atoms with E-state index in [1.807, 2.05) is 4.90 Å². The molecule has 2 fully saturated rings. The van der Waals surface area contributed by atoms with Crippen molar-refractivity contribution in [1.29, 1.82) is 0 Å². The van der Waals surface area contributed by atoms with Gasteiger partial charge in [-0.1, -0.05) is 0 Å². The molecule has 16 heavy (non-hydrogen) atoms. The molecule has 2 atom stereocenters. The minimum absolute atomic E-state index is 0.179. The highest BCUT2D eigenvalue weighted by molar-refractivity contribution is 5.82. The summed E-state index contributed by atoms with van der Waals surface area (Å²) in [6.45, 7) is 3.94. The van der Waals surface area contributed by atoms with Gasteiger partial charge >= 0.3 is 0 Å². The number of rotatable bonds is 2. The van der Waals surface area contributed by atoms with Gasteiger partial charge in [0.05, 0.1) is 6.04 Å². The first-order valence-electron chi connectivity index (χ1n) is 6.41. The minimum atomic E-state index is -0.277. The van der Waals surface area contributed by atoms with Gasteiger partial charge in [-0.15, -0.1) is 0 Å². The highest BCUT2D eigenvalue weighted by Crippen LogP contribution is 2.20. The van der Waals surface area contributed by atoms with Crippen LogP contribution in [0.3, 0.4) is 0 Å². The molecule has 2 saturated heterocycles. The Morgan fingerprint density at radius 2 is 1.94 bits per heavy atom. The van der Waals surface area contributed by atoms with Crippen molar-refractivity contribution in [2.75, 3.05) is 33.2 Å². The third-order valence-corrected chi connectivity index (χ3v) is 3.87. The number of nitrogens with two attached hydrogens (primary N) is 1. The van der Waals surface area contributed by atoms with E-state index in [9.17, 15) is 4.79 Å². The topological polar surface area (TPSA) is 49.6 Å². The Kier molecular flexibility index (Phi) is 3.82. The number of nitrogens with zero attached hydrogens (tertiary/aromatic N) is 2. The van der Waals surface area contributed by atoms with Crippen LogP contribution in [0.1, 0.15) is 25.7 Å². The molecule has 0 aliphatic carbocycles. The van der Waals surface area contributed by atoms with Gasteiger partial charge in [-0.2, -0.15) is 0 Å². The lowest BCUT2D eigenvalue weighted by Crippen LogP contribution is -2.51. The van der Waals surface area contributed by atoms with Crippen molar-refractivity contribution in [1.82, 2.24) is 9.80 Å². The zero-order valence-electron chi connectivity index (χ0n) is 10.2. The second-order valence-corrected chi connectivity index (χ2v) is 5.22. The monoisotopic (exact) mass is 225 g/mol. The SMILES string of the molecule is CN1CCCC(C(N)C(=O)N2CCCC2)C1. The molecule has 2 rings (SSSR count). The smallest absolute Gasteiger partial charge is 0.239 e. The summed E-state index contributed by atoms with van der Waals surface area (Å²) in [5, 5.41) is 0. The first-order chi connectivity index (χ1) is 7.68. The van der Waals surface area contributed by atoms with Crippen molar-refractivity contribution in [2.45, 2.75) is 31.7 Å². The number of hydrogen-bond acceptors (Lipinski definition) is 3. The summed E-state index contributed by atoms with van der Waals surface area (Å²) in [5.41, 5.74) is 6.12. The highest BCUT2D eigenvalue weighted by Gasteiger charge is 2.31. The van der Waals surface area contributed by atoms with Gasteiger partial charge in [0.25, 0.3) is 0 Å². The number of carbonyl (C=O) groups is 1. The zero-order chi connectivity index (χ0) is 11.5. The van der Waals surface area contributed by atoms with Gasteiger partial charge in [0.15, 0.2) is 0 Å². The Morgan fingerprint density at radius 1 is 1.25 bits per heavy atom. The third kappa shape index (κ3) is 2.55. The molecular formula is C12H23N3O. The molecule has 92 valence electrons. The van der Waals surface area contributed by atoms with Crippen LogP contribution in [0.2, 0.25) is 0 Å². The lowest BCUT2D eigenvalue weighted by molar-refractivity contribution is -0.133. The molecule has 2 aliphatic rings. The molecule has 0 aromatic carbocycles. The maximum Gasteiger partial charge on any atom is 0.239 e. The van der Waals surface area contributed by atoms with E-state index in [1.54, 1.807) is 0 Å². The predicted molar refractivity (Wildman–Crippen MR) is 64.0 cm³/mol. The molecule has 0 radical (unpaired) electrons. The van der Waals surface area contributed by atoms with E-state index in [4.69, 9.17) is 5.73 Å². The Hall–Kier alpha value is -0.610. The molecule has 1 amide bonds. The largest absolute Gasteiger partial charge is 0.341 e. The van der Waals surface area contributed by atoms with Gasteiger partial charge in [0.2, 0.25) is 5.91 Å². The first-order valence-corrected chi connectivity index (χ1v) is 6.41. The van der Waals surface area contributed by atoms with Crippen molar-refractivity contribution >= 4 is 5.91 Å². The molecule has 4 nitrogen and oxygen atoms in total. The van der Waals surface area contributed by atoms with Crippen molar-refractivity contribution in [3.8, 4) is 0 Å². The average molecular weight is 225 g/mol. The number of piperidine rings is 1. The van der Waals surface area contributed by atoms with Crippen LogP contribution in [0.25, 0.3) is 0 Å². The van der Waals surface area contributed by atoms with Crippen LogP contribution < -0.4 is 5.73 Å². The fourth-order valence-corrected chi connectivity index (χ4v) is 2.85. The molecular weight excluding hydrogens is 202 g/mol. The normalized spacial score (nSPS) is 29.4. The maximum atomic E-state index is 12.1. The van der Waals surface area contributed by atoms with Crippen molar-refractivity contribution in [2.24, 2.45) is 11.7 Å². The molecule has 0 spiro atoms. The van der Waals surface area contributed by atoms with Crippen LogP contribution in [-0.4, -0.2) is 55.0 Å². The summed E-state index contributed by atoms with van der Waals surface area (Å²) in [6.07, 6.45) is 4.55. The van der Waals surface area contributed by atoms with Crippen LogP contribution in [0.4, 0.5) is 0 Å². The van der Waals surface area contributed by atoms with Gasteiger partial charge in [0.1, 0.15) is 0 Å². The van der Waals surface area contributed by atoms with Crippen LogP contribution >= 0.6 is 0 Å². The lowest BCUT2D eigenvalue weighted by Gasteiger charge is -2.34. The Labute approximate surface area is 97.8 Å². The summed E-state index contributed by atoms with van der Waals surface area (Å²) in [6, 6.07) is -0.277. The Morgan fingerprint density at radius 3 is 2.56 bits per heavy atom. The van der Waals surface area contributed by atoms with Crippen LogP contribution in [0.5, 0.6) is 0 Å². The molecule has 2 aliphatic heterocycles. The molecule has 4 heteroatoms. The van der Waals surface area contributed by atoms with Crippen LogP contribution in [0, 0.1) is 5.92 Å². The van der Waals surface area contributed by atoms with E-state index in [0.717, 1.165) is 45.4 Å². The van der Waals surface area contributed by atoms with E-state index >= 15 is 0 Å². The van der Waals surface area contributed by atoms with E-state index in [0.29, 0.717) is 5.92 Å². The van der Waals surface area contributed by atoms with Gasteiger partial charge in [0, 0.05) is 19.6 Å². The quantitative estimate of drug-likeness (QED) is 0.734. The van der Waals surface area contributed by atoms with E-state index in [1.165, 1.54) is 6.42 Å². The molecule has 2 N–H and O–H groups in total. The molecule has 0 aromatic rings. The predicted octanol–water partition coefficient (Wildman–Crippen LogP) is 0.278. The number of hydrogen-bond donors (Lipinski definition) is 1. The van der Waals surface area contributed by atoms with E-state index in [2.05, 4.69) is 11.9 Å². The van der Waals surface area contributed by atoms with Gasteiger partial charge < -0.3 is 15.5 Å². The standard InChI is InChI=1S/C12H23N3O/c1-14-6-4-5-10(9-14)11(13)12(16)15-7-2-3-8-15/h10-11H,2-9,13H2,1H3. The zero-order valence-corrected chi connectivity index (χ0v) is 10.2. The third-order valence-electron chi connectivity index (χ3n) is 3.87. The molecule has 0 bridgehead atoms. The maximum absolute atomic E-state index is 12.1. The fraction of sp³-hybridized carbons (Fsp3) is 0.917. The molecule has 0 saturated carbocycles. The second-order valence-electron chi connectivity index (χ2n) is 5.22. The van der Waals surface area contributed by atoms with Gasteiger partial charge in [-0.05, 0) is 45.2 Å². The Balaban J connectivity index is 1.89. The lowest BCUT2D eigenvalue weighted by atomic mass is 9.90. The summed E-state index contributed by atoms with van der Waals surface area (Å²) in [5.74, 6) is 0.532. The van der Waals surface area contributed by atoms with Crippen molar-refractivity contribution < 1.29 is 4.79 Å². The Bertz CT molecular complexity index is 251. The van der Waals surface area contributed by atoms with Gasteiger partial charge in [-0.3, -0.25) is 4.79 Å². The molecule has 2 heterocycles. The summed E-state index contributed by atoms with van der Waals surface area (Å²) in [7, 11) is 2.11. The first kappa shape index (κ1) is 11.9. The summed E-state index contributed by atoms with van der Waals surface area (Å²) < 4.78 is 0. The number of carbonyl (C=O) groups excluding carboxylic acids is 1. The van der Waals surface area contributed by atoms with E-state index in [-0.39, 0.29) is 11.9 Å². The number of amides is 1. The minimum Gasteiger partial charge on any atom is -0.341 e. The second kappa shape index (κ2) is 5.15. The average Bonchev–Trinajstić information content (AvgIpc) is 2.80. The van der Waals surface area contributed by atoms with Gasteiger partial charge in [-0.25, -0.2) is 0 Å². The van der Waals surface area contributed by atoms with Crippen molar-refractivity contribution in [3.05, 3.63) is 0 Å². The van der Waals surface area contributed by atoms with E-state index < -0.39 is 0 Å². The number of likely N-dealkylation sites (tertiary alicyclic amines) is 2. The van der Waals surface area contributed by atoms with Crippen LogP contribution in [-0.2, 0) is 4.79 Å². The summed E-state index contributed by atoms with van der Waals surface area (Å²) in [4.78, 5) is 16.4. The molecule has 2 unspecified atom stereocenters.